The van der Waals surface area contributed by atoms with Gasteiger partial charge in [-0.05, 0) is 42.8 Å². The molecule has 23 heavy (non-hydrogen) atoms. The van der Waals surface area contributed by atoms with Crippen LogP contribution >= 0.6 is 0 Å². The van der Waals surface area contributed by atoms with Gasteiger partial charge in [-0.15, -0.1) is 0 Å². The molecule has 0 N–H and O–H groups in total. The van der Waals surface area contributed by atoms with Crippen molar-refractivity contribution in [1.82, 2.24) is 0 Å². The zero-order valence-corrected chi connectivity index (χ0v) is 12.9. The van der Waals surface area contributed by atoms with Crippen LogP contribution in [0.5, 0.6) is 11.5 Å². The average molecular weight is 318 g/mol. The number of hydrogen-bond acceptors (Lipinski definition) is 5. The maximum Gasteiger partial charge on any atom is 0.344 e. The van der Waals surface area contributed by atoms with Gasteiger partial charge in [0.2, 0.25) is 0 Å². The molecule has 0 atom stereocenters. The summed E-state index contributed by atoms with van der Waals surface area (Å²) in [6.07, 6.45) is 0. The Hall–Kier alpha value is -2.89. The van der Waals surface area contributed by atoms with Crippen molar-refractivity contribution in [3.05, 3.63) is 58.9 Å². The summed E-state index contributed by atoms with van der Waals surface area (Å²) in [5.74, 6) is -1.48. The summed E-state index contributed by atoms with van der Waals surface area (Å²) in [5, 5.41) is 0. The fourth-order valence-corrected chi connectivity index (χ4v) is 1.97. The number of methoxy groups -OCH3 is 2. The van der Waals surface area contributed by atoms with E-state index in [0.717, 1.165) is 6.07 Å². The molecule has 0 aromatic heterocycles. The zero-order chi connectivity index (χ0) is 17.0. The van der Waals surface area contributed by atoms with Gasteiger partial charge < -0.3 is 14.2 Å². The van der Waals surface area contributed by atoms with Crippen LogP contribution in [0.25, 0.3) is 0 Å². The average Bonchev–Trinajstić information content (AvgIpc) is 2.56. The second-order valence-corrected chi connectivity index (χ2v) is 4.71. The molecule has 0 saturated carbocycles. The molecule has 120 valence electrons. The molecule has 2 rings (SSSR count). The van der Waals surface area contributed by atoms with E-state index in [9.17, 15) is 14.0 Å². The maximum atomic E-state index is 13.3. The second-order valence-electron chi connectivity index (χ2n) is 4.71. The Morgan fingerprint density at radius 2 is 1.70 bits per heavy atom. The van der Waals surface area contributed by atoms with Gasteiger partial charge in [0.15, 0.2) is 11.5 Å². The molecule has 0 amide bonds. The monoisotopic (exact) mass is 318 g/mol. The van der Waals surface area contributed by atoms with Gasteiger partial charge in [0.05, 0.1) is 25.3 Å². The summed E-state index contributed by atoms with van der Waals surface area (Å²) in [4.78, 5) is 23.7. The number of esters is 2. The molecule has 0 bridgehead atoms. The first-order chi connectivity index (χ1) is 11.0. The number of hydrogen-bond donors (Lipinski definition) is 0. The number of carbonyl (C=O) groups is 2. The lowest BCUT2D eigenvalue weighted by Crippen LogP contribution is -2.12. The molecule has 0 unspecified atom stereocenters. The van der Waals surface area contributed by atoms with Gasteiger partial charge in [0.1, 0.15) is 5.82 Å². The lowest BCUT2D eigenvalue weighted by molar-refractivity contribution is 0.0600. The fraction of sp³-hybridized carbons (Fsp3) is 0.176. The topological polar surface area (TPSA) is 61.8 Å². The van der Waals surface area contributed by atoms with E-state index >= 15 is 0 Å². The lowest BCUT2D eigenvalue weighted by atomic mass is 10.1. The van der Waals surface area contributed by atoms with Crippen LogP contribution in [0.1, 0.15) is 26.3 Å². The van der Waals surface area contributed by atoms with Crippen molar-refractivity contribution in [2.45, 2.75) is 6.92 Å². The molecule has 2 aromatic carbocycles. The van der Waals surface area contributed by atoms with E-state index in [1.807, 2.05) is 0 Å². The highest BCUT2D eigenvalue weighted by molar-refractivity contribution is 5.93. The summed E-state index contributed by atoms with van der Waals surface area (Å²) < 4.78 is 28.3. The molecule has 0 radical (unpaired) electrons. The van der Waals surface area contributed by atoms with Gasteiger partial charge in [0, 0.05) is 0 Å². The number of rotatable bonds is 4. The number of halogens is 1. The third kappa shape index (κ3) is 3.66. The first-order valence-corrected chi connectivity index (χ1v) is 6.71. The van der Waals surface area contributed by atoms with Crippen LogP contribution < -0.4 is 9.47 Å². The molecule has 5 nitrogen and oxygen atoms in total. The third-order valence-electron chi connectivity index (χ3n) is 3.21. The minimum Gasteiger partial charge on any atom is -0.493 e. The van der Waals surface area contributed by atoms with E-state index in [0.29, 0.717) is 5.56 Å². The predicted molar refractivity (Wildman–Crippen MR) is 80.4 cm³/mol. The first-order valence-electron chi connectivity index (χ1n) is 6.71. The van der Waals surface area contributed by atoms with Crippen molar-refractivity contribution in [3.8, 4) is 11.5 Å². The second kappa shape index (κ2) is 6.91. The van der Waals surface area contributed by atoms with E-state index in [-0.39, 0.29) is 22.6 Å². The van der Waals surface area contributed by atoms with E-state index in [1.165, 1.54) is 44.6 Å². The van der Waals surface area contributed by atoms with Crippen molar-refractivity contribution in [2.75, 3.05) is 14.2 Å². The van der Waals surface area contributed by atoms with Crippen LogP contribution in [0.4, 0.5) is 4.39 Å². The molecule has 0 aliphatic heterocycles. The van der Waals surface area contributed by atoms with Crippen LogP contribution in [0.15, 0.2) is 36.4 Å². The highest BCUT2D eigenvalue weighted by atomic mass is 19.1. The molecule has 0 heterocycles. The van der Waals surface area contributed by atoms with Crippen LogP contribution in [0.3, 0.4) is 0 Å². The van der Waals surface area contributed by atoms with Crippen molar-refractivity contribution >= 4 is 11.9 Å². The minimum absolute atomic E-state index is 0.115. The molecular formula is C17H15FO5. The minimum atomic E-state index is -0.717. The Bertz CT molecular complexity index is 755. The molecule has 0 aliphatic rings. The molecule has 0 spiro atoms. The Kier molecular flexibility index (Phi) is 4.95. The van der Waals surface area contributed by atoms with Crippen molar-refractivity contribution in [1.29, 1.82) is 0 Å². The molecular weight excluding hydrogens is 303 g/mol. The van der Waals surface area contributed by atoms with Gasteiger partial charge in [0.25, 0.3) is 0 Å². The van der Waals surface area contributed by atoms with Gasteiger partial charge in [-0.1, -0.05) is 6.07 Å². The van der Waals surface area contributed by atoms with E-state index in [4.69, 9.17) is 9.47 Å². The van der Waals surface area contributed by atoms with Gasteiger partial charge in [-0.3, -0.25) is 0 Å². The smallest absolute Gasteiger partial charge is 0.344 e. The molecule has 6 heteroatoms. The Morgan fingerprint density at radius 3 is 2.35 bits per heavy atom. The van der Waals surface area contributed by atoms with Crippen LogP contribution in [0.2, 0.25) is 0 Å². The molecule has 0 fully saturated rings. The maximum absolute atomic E-state index is 13.3. The standard InChI is InChI=1S/C17H15FO5/c1-10-4-6-12(18)9-13(10)17(20)23-14-7-5-11(16(19)22-3)8-15(14)21-2/h4-9H,1-3H3. The van der Waals surface area contributed by atoms with Crippen LogP contribution in [-0.4, -0.2) is 26.2 Å². The van der Waals surface area contributed by atoms with Crippen LogP contribution in [0, 0.1) is 12.7 Å². The number of aryl methyl sites for hydroxylation is 1. The van der Waals surface area contributed by atoms with Crippen LogP contribution in [-0.2, 0) is 4.74 Å². The lowest BCUT2D eigenvalue weighted by Gasteiger charge is -2.11. The zero-order valence-electron chi connectivity index (χ0n) is 12.9. The summed E-state index contributed by atoms with van der Waals surface area (Å²) >= 11 is 0. The summed E-state index contributed by atoms with van der Waals surface area (Å²) in [6.45, 7) is 1.67. The normalized spacial score (nSPS) is 10.1. The van der Waals surface area contributed by atoms with E-state index in [2.05, 4.69) is 4.74 Å². The number of carbonyl (C=O) groups excluding carboxylic acids is 2. The Balaban J connectivity index is 2.30. The number of ether oxygens (including phenoxy) is 3. The Labute approximate surface area is 132 Å². The largest absolute Gasteiger partial charge is 0.493 e. The molecule has 2 aromatic rings. The Morgan fingerprint density at radius 1 is 0.957 bits per heavy atom. The number of benzene rings is 2. The summed E-state index contributed by atoms with van der Waals surface area (Å²) in [7, 11) is 2.64. The van der Waals surface area contributed by atoms with Gasteiger partial charge in [-0.2, -0.15) is 0 Å². The summed E-state index contributed by atoms with van der Waals surface area (Å²) in [5.41, 5.74) is 0.955. The highest BCUT2D eigenvalue weighted by Gasteiger charge is 2.17. The highest BCUT2D eigenvalue weighted by Crippen LogP contribution is 2.29. The molecule has 0 saturated heterocycles. The van der Waals surface area contributed by atoms with Crippen molar-refractivity contribution in [3.63, 3.8) is 0 Å². The summed E-state index contributed by atoms with van der Waals surface area (Å²) in [6, 6.07) is 8.11. The van der Waals surface area contributed by atoms with Gasteiger partial charge >= 0.3 is 11.9 Å². The SMILES string of the molecule is COC(=O)c1ccc(OC(=O)c2cc(F)ccc2C)c(OC)c1. The molecule has 0 aliphatic carbocycles. The van der Waals surface area contributed by atoms with E-state index < -0.39 is 17.8 Å². The van der Waals surface area contributed by atoms with Crippen molar-refractivity contribution in [2.24, 2.45) is 0 Å². The van der Waals surface area contributed by atoms with Crippen molar-refractivity contribution < 1.29 is 28.2 Å². The van der Waals surface area contributed by atoms with Gasteiger partial charge in [-0.25, -0.2) is 14.0 Å². The predicted octanol–water partition coefficient (Wildman–Crippen LogP) is 3.15. The quantitative estimate of drug-likeness (QED) is 0.640. The van der Waals surface area contributed by atoms with E-state index in [1.54, 1.807) is 6.92 Å². The third-order valence-corrected chi connectivity index (χ3v) is 3.21. The first kappa shape index (κ1) is 16.5. The fourth-order valence-electron chi connectivity index (χ4n) is 1.97.